The van der Waals surface area contributed by atoms with Gasteiger partial charge < -0.3 is 15.1 Å². The van der Waals surface area contributed by atoms with Gasteiger partial charge in [0.25, 0.3) is 0 Å². The lowest BCUT2D eigenvalue weighted by Gasteiger charge is -2.21. The molecule has 0 bridgehead atoms. The maximum atomic E-state index is 3.18. The second-order valence-corrected chi connectivity index (χ2v) is 5.63. The van der Waals surface area contributed by atoms with E-state index in [-0.39, 0.29) is 0 Å². The van der Waals surface area contributed by atoms with Gasteiger partial charge in [-0.05, 0) is 51.2 Å². The van der Waals surface area contributed by atoms with Crippen LogP contribution in [-0.2, 0) is 13.1 Å². The predicted molar refractivity (Wildman–Crippen MR) is 81.2 cm³/mol. The first-order chi connectivity index (χ1) is 9.28. The van der Waals surface area contributed by atoms with Crippen molar-refractivity contribution in [1.82, 2.24) is 15.1 Å². The zero-order valence-electron chi connectivity index (χ0n) is 12.4. The maximum Gasteiger partial charge on any atom is 0.0231 e. The van der Waals surface area contributed by atoms with E-state index in [0.717, 1.165) is 19.6 Å². The highest BCUT2D eigenvalue weighted by Crippen LogP contribution is 2.09. The molecule has 0 radical (unpaired) electrons. The molecule has 1 N–H and O–H groups in total. The average molecular weight is 261 g/mol. The average Bonchev–Trinajstić information content (AvgIpc) is 2.92. The van der Waals surface area contributed by atoms with Gasteiger partial charge in [-0.1, -0.05) is 24.3 Å². The monoisotopic (exact) mass is 261 g/mol. The van der Waals surface area contributed by atoms with Crippen molar-refractivity contribution in [2.75, 3.05) is 40.3 Å². The van der Waals surface area contributed by atoms with E-state index in [1.54, 1.807) is 0 Å². The number of benzene rings is 1. The fourth-order valence-electron chi connectivity index (χ4n) is 2.68. The largest absolute Gasteiger partial charge is 0.316 e. The van der Waals surface area contributed by atoms with Crippen molar-refractivity contribution < 1.29 is 0 Å². The zero-order chi connectivity index (χ0) is 13.5. The van der Waals surface area contributed by atoms with E-state index in [1.165, 1.54) is 43.6 Å². The summed E-state index contributed by atoms with van der Waals surface area (Å²) in [6, 6.07) is 8.94. The van der Waals surface area contributed by atoms with Crippen LogP contribution in [-0.4, -0.2) is 50.1 Å². The molecule has 1 saturated heterocycles. The number of likely N-dealkylation sites (N-methyl/N-ethyl adjacent to an activating group) is 1. The summed E-state index contributed by atoms with van der Waals surface area (Å²) < 4.78 is 0. The molecule has 0 aromatic heterocycles. The molecule has 1 aromatic carbocycles. The minimum absolute atomic E-state index is 0.949. The van der Waals surface area contributed by atoms with Crippen molar-refractivity contribution in [3.8, 4) is 0 Å². The highest BCUT2D eigenvalue weighted by Gasteiger charge is 2.11. The van der Waals surface area contributed by atoms with Crippen LogP contribution in [0.15, 0.2) is 24.3 Å². The molecule has 1 aliphatic rings. The van der Waals surface area contributed by atoms with E-state index < -0.39 is 0 Å². The Hall–Kier alpha value is -0.900. The number of nitrogens with zero attached hydrogens (tertiary/aromatic N) is 2. The second-order valence-electron chi connectivity index (χ2n) is 5.63. The van der Waals surface area contributed by atoms with Gasteiger partial charge in [0.2, 0.25) is 0 Å². The molecule has 1 heterocycles. The Balaban J connectivity index is 1.72. The van der Waals surface area contributed by atoms with Crippen molar-refractivity contribution in [2.45, 2.75) is 25.9 Å². The van der Waals surface area contributed by atoms with E-state index in [0.29, 0.717) is 0 Å². The third-order valence-electron chi connectivity index (χ3n) is 3.85. The lowest BCUT2D eigenvalue weighted by atomic mass is 10.1. The number of nitrogens with one attached hydrogen (secondary N) is 1. The Morgan fingerprint density at radius 2 is 1.74 bits per heavy atom. The summed E-state index contributed by atoms with van der Waals surface area (Å²) in [5, 5.41) is 3.18. The van der Waals surface area contributed by atoms with E-state index >= 15 is 0 Å². The van der Waals surface area contributed by atoms with Crippen molar-refractivity contribution >= 4 is 0 Å². The van der Waals surface area contributed by atoms with E-state index in [1.807, 2.05) is 7.05 Å². The molecule has 106 valence electrons. The molecule has 3 nitrogen and oxygen atoms in total. The highest BCUT2D eigenvalue weighted by atomic mass is 15.2. The van der Waals surface area contributed by atoms with Gasteiger partial charge in [0.1, 0.15) is 0 Å². The van der Waals surface area contributed by atoms with Gasteiger partial charge in [-0.25, -0.2) is 0 Å². The van der Waals surface area contributed by atoms with Crippen molar-refractivity contribution in [3.63, 3.8) is 0 Å². The smallest absolute Gasteiger partial charge is 0.0231 e. The van der Waals surface area contributed by atoms with Gasteiger partial charge in [-0.2, -0.15) is 0 Å². The summed E-state index contributed by atoms with van der Waals surface area (Å²) >= 11 is 0. The lowest BCUT2D eigenvalue weighted by Crippen LogP contribution is -2.31. The van der Waals surface area contributed by atoms with Crippen LogP contribution in [0.5, 0.6) is 0 Å². The molecule has 0 aliphatic carbocycles. The van der Waals surface area contributed by atoms with Gasteiger partial charge in [0.15, 0.2) is 0 Å². The first-order valence-corrected chi connectivity index (χ1v) is 7.41. The third kappa shape index (κ3) is 4.94. The molecule has 1 fully saturated rings. The highest BCUT2D eigenvalue weighted by molar-refractivity contribution is 5.22. The number of likely N-dealkylation sites (tertiary alicyclic amines) is 1. The zero-order valence-corrected chi connectivity index (χ0v) is 12.4. The quantitative estimate of drug-likeness (QED) is 0.809. The van der Waals surface area contributed by atoms with E-state index in [4.69, 9.17) is 0 Å². The van der Waals surface area contributed by atoms with Gasteiger partial charge in [-0.3, -0.25) is 0 Å². The summed E-state index contributed by atoms with van der Waals surface area (Å²) in [7, 11) is 4.21. The van der Waals surface area contributed by atoms with Crippen molar-refractivity contribution in [1.29, 1.82) is 0 Å². The molecular weight excluding hydrogens is 234 g/mol. The maximum absolute atomic E-state index is 3.18. The molecule has 3 heteroatoms. The normalized spacial score (nSPS) is 16.4. The van der Waals surface area contributed by atoms with Crippen LogP contribution in [0.25, 0.3) is 0 Å². The molecule has 0 unspecified atom stereocenters. The third-order valence-corrected chi connectivity index (χ3v) is 3.85. The van der Waals surface area contributed by atoms with Crippen LogP contribution in [0.2, 0.25) is 0 Å². The van der Waals surface area contributed by atoms with Gasteiger partial charge in [0.05, 0.1) is 0 Å². The molecule has 1 aliphatic heterocycles. The molecule has 19 heavy (non-hydrogen) atoms. The fourth-order valence-corrected chi connectivity index (χ4v) is 2.68. The van der Waals surface area contributed by atoms with Crippen LogP contribution in [0.1, 0.15) is 24.0 Å². The summed E-state index contributed by atoms with van der Waals surface area (Å²) in [6.45, 7) is 6.98. The van der Waals surface area contributed by atoms with Crippen molar-refractivity contribution in [2.24, 2.45) is 0 Å². The lowest BCUT2D eigenvalue weighted by molar-refractivity contribution is 0.252. The van der Waals surface area contributed by atoms with Crippen LogP contribution < -0.4 is 5.32 Å². The second kappa shape index (κ2) is 7.63. The Morgan fingerprint density at radius 1 is 1.11 bits per heavy atom. The number of rotatable bonds is 7. The molecule has 0 spiro atoms. The van der Waals surface area contributed by atoms with Crippen LogP contribution in [0.4, 0.5) is 0 Å². The Bertz CT molecular complexity index is 355. The van der Waals surface area contributed by atoms with Crippen LogP contribution >= 0.6 is 0 Å². The number of hydrogen-bond acceptors (Lipinski definition) is 3. The summed E-state index contributed by atoms with van der Waals surface area (Å²) in [6.07, 6.45) is 2.77. The molecule has 2 rings (SSSR count). The molecule has 0 amide bonds. The topological polar surface area (TPSA) is 18.5 Å². The van der Waals surface area contributed by atoms with Crippen molar-refractivity contribution in [3.05, 3.63) is 35.4 Å². The fraction of sp³-hybridized carbons (Fsp3) is 0.625. The molecular formula is C16H27N3. The number of hydrogen-bond donors (Lipinski definition) is 1. The summed E-state index contributed by atoms with van der Waals surface area (Å²) in [4.78, 5) is 5.00. The van der Waals surface area contributed by atoms with Gasteiger partial charge in [0, 0.05) is 26.2 Å². The molecule has 1 aromatic rings. The van der Waals surface area contributed by atoms with Crippen LogP contribution in [0.3, 0.4) is 0 Å². The Morgan fingerprint density at radius 3 is 2.37 bits per heavy atom. The summed E-state index contributed by atoms with van der Waals surface area (Å²) in [5.74, 6) is 0. The summed E-state index contributed by atoms with van der Waals surface area (Å²) in [5.41, 5.74) is 2.76. The minimum Gasteiger partial charge on any atom is -0.316 e. The minimum atomic E-state index is 0.949. The molecule has 0 atom stereocenters. The Kier molecular flexibility index (Phi) is 5.83. The van der Waals surface area contributed by atoms with Crippen LogP contribution in [0, 0.1) is 0 Å². The molecule has 0 saturated carbocycles. The van der Waals surface area contributed by atoms with Gasteiger partial charge >= 0.3 is 0 Å². The van der Waals surface area contributed by atoms with E-state index in [9.17, 15) is 0 Å². The first-order valence-electron chi connectivity index (χ1n) is 7.41. The van der Waals surface area contributed by atoms with Gasteiger partial charge in [-0.15, -0.1) is 0 Å². The van der Waals surface area contributed by atoms with E-state index in [2.05, 4.69) is 46.4 Å². The SMILES string of the molecule is CNCc1ccc(CN(C)CCN2CCCC2)cc1. The first kappa shape index (κ1) is 14.5. The Labute approximate surface area is 117 Å². The standard InChI is InChI=1S/C16H27N3/c1-17-13-15-5-7-16(8-6-15)14-18(2)11-12-19-9-3-4-10-19/h5-8,17H,3-4,9-14H2,1-2H3. The predicted octanol–water partition coefficient (Wildman–Crippen LogP) is 1.93.